The van der Waals surface area contributed by atoms with Gasteiger partial charge in [-0.15, -0.1) is 0 Å². The van der Waals surface area contributed by atoms with E-state index in [0.29, 0.717) is 42.6 Å². The van der Waals surface area contributed by atoms with Crippen LogP contribution >= 0.6 is 0 Å². The summed E-state index contributed by atoms with van der Waals surface area (Å²) < 4.78 is 5.21. The van der Waals surface area contributed by atoms with Crippen LogP contribution in [-0.2, 0) is 9.59 Å². The van der Waals surface area contributed by atoms with Crippen molar-refractivity contribution in [1.82, 2.24) is 4.90 Å². The first kappa shape index (κ1) is 18.0. The van der Waals surface area contributed by atoms with Crippen LogP contribution in [0.25, 0.3) is 11.0 Å². The summed E-state index contributed by atoms with van der Waals surface area (Å²) in [6.07, 6.45) is 1.28. The van der Waals surface area contributed by atoms with Crippen molar-refractivity contribution in [3.63, 3.8) is 0 Å². The molecule has 1 aromatic heterocycles. The van der Waals surface area contributed by atoms with Crippen molar-refractivity contribution in [1.29, 1.82) is 0 Å². The second kappa shape index (κ2) is 7.19. The number of anilines is 1. The monoisotopic (exact) mass is 358 g/mol. The molecule has 2 amide bonds. The molecule has 1 aromatic carbocycles. The van der Waals surface area contributed by atoms with Gasteiger partial charge in [-0.2, -0.15) is 0 Å². The third-order valence-electron chi connectivity index (χ3n) is 4.67. The summed E-state index contributed by atoms with van der Waals surface area (Å²) in [4.78, 5) is 37.3. The first-order valence-corrected chi connectivity index (χ1v) is 8.71. The fourth-order valence-corrected chi connectivity index (χ4v) is 3.20. The first-order valence-electron chi connectivity index (χ1n) is 8.71. The van der Waals surface area contributed by atoms with E-state index < -0.39 is 5.97 Å². The van der Waals surface area contributed by atoms with Crippen molar-refractivity contribution >= 4 is 34.4 Å². The highest BCUT2D eigenvalue weighted by Crippen LogP contribution is 2.25. The van der Waals surface area contributed by atoms with Crippen LogP contribution in [0.15, 0.2) is 28.7 Å². The Kier molecular flexibility index (Phi) is 4.97. The molecule has 2 heterocycles. The molecule has 2 N–H and O–H groups in total. The van der Waals surface area contributed by atoms with Gasteiger partial charge in [0.05, 0.1) is 0 Å². The molecule has 2 aromatic rings. The summed E-state index contributed by atoms with van der Waals surface area (Å²) in [5.41, 5.74) is 1.06. The second-order valence-electron chi connectivity index (χ2n) is 6.91. The Morgan fingerprint density at radius 2 is 1.88 bits per heavy atom. The van der Waals surface area contributed by atoms with Gasteiger partial charge in [0.15, 0.2) is 0 Å². The fourth-order valence-electron chi connectivity index (χ4n) is 3.20. The maximum absolute atomic E-state index is 12.5. The molecular weight excluding hydrogens is 336 g/mol. The van der Waals surface area contributed by atoms with Crippen molar-refractivity contribution in [2.24, 2.45) is 11.8 Å². The summed E-state index contributed by atoms with van der Waals surface area (Å²) in [7, 11) is 0. The molecule has 1 fully saturated rings. The van der Waals surface area contributed by atoms with Gasteiger partial charge in [-0.25, -0.2) is 4.79 Å². The van der Waals surface area contributed by atoms with E-state index in [1.807, 2.05) is 18.7 Å². The summed E-state index contributed by atoms with van der Waals surface area (Å²) in [5.74, 6) is -1.38. The SMILES string of the molecule is CC(C)C(=O)N1CCC(C(=O)Nc2ccc3oc(C(=O)O)cc3c2)CC1. The van der Waals surface area contributed by atoms with Crippen LogP contribution < -0.4 is 5.32 Å². The van der Waals surface area contributed by atoms with E-state index in [9.17, 15) is 14.4 Å². The number of furan rings is 1. The smallest absolute Gasteiger partial charge is 0.371 e. The zero-order chi connectivity index (χ0) is 18.8. The van der Waals surface area contributed by atoms with Crippen LogP contribution in [0.1, 0.15) is 37.2 Å². The number of carbonyl (C=O) groups excluding carboxylic acids is 2. The van der Waals surface area contributed by atoms with Crippen molar-refractivity contribution in [3.8, 4) is 0 Å². The minimum absolute atomic E-state index is 0.0299. The minimum atomic E-state index is -1.13. The van der Waals surface area contributed by atoms with Crippen LogP contribution in [0.4, 0.5) is 5.69 Å². The zero-order valence-electron chi connectivity index (χ0n) is 14.8. The van der Waals surface area contributed by atoms with Gasteiger partial charge in [-0.05, 0) is 37.1 Å². The zero-order valence-corrected chi connectivity index (χ0v) is 14.8. The summed E-state index contributed by atoms with van der Waals surface area (Å²) >= 11 is 0. The number of aromatic carboxylic acids is 1. The largest absolute Gasteiger partial charge is 0.475 e. The number of fused-ring (bicyclic) bond motifs is 1. The minimum Gasteiger partial charge on any atom is -0.475 e. The Labute approximate surface area is 151 Å². The van der Waals surface area contributed by atoms with Gasteiger partial charge in [0, 0.05) is 36.0 Å². The molecule has 138 valence electrons. The summed E-state index contributed by atoms with van der Waals surface area (Å²) in [5, 5.41) is 12.5. The third-order valence-corrected chi connectivity index (χ3v) is 4.67. The van der Waals surface area contributed by atoms with Gasteiger partial charge >= 0.3 is 5.97 Å². The number of piperidine rings is 1. The molecule has 7 nitrogen and oxygen atoms in total. The topological polar surface area (TPSA) is 99.9 Å². The summed E-state index contributed by atoms with van der Waals surface area (Å²) in [6.45, 7) is 4.95. The number of carbonyl (C=O) groups is 3. The van der Waals surface area contributed by atoms with Gasteiger partial charge in [-0.1, -0.05) is 13.8 Å². The van der Waals surface area contributed by atoms with E-state index in [0.717, 1.165) is 0 Å². The molecular formula is C19H22N2O5. The fraction of sp³-hybridized carbons (Fsp3) is 0.421. The van der Waals surface area contributed by atoms with E-state index >= 15 is 0 Å². The molecule has 7 heteroatoms. The molecule has 1 saturated heterocycles. The maximum atomic E-state index is 12.5. The van der Waals surface area contributed by atoms with Crippen LogP contribution in [0, 0.1) is 11.8 Å². The predicted octanol–water partition coefficient (Wildman–Crippen LogP) is 2.96. The number of likely N-dealkylation sites (tertiary alicyclic amines) is 1. The van der Waals surface area contributed by atoms with Crippen molar-refractivity contribution in [2.45, 2.75) is 26.7 Å². The number of rotatable bonds is 4. The Bertz CT molecular complexity index is 847. The Morgan fingerprint density at radius 3 is 2.50 bits per heavy atom. The number of hydrogen-bond donors (Lipinski definition) is 2. The molecule has 3 rings (SSSR count). The first-order chi connectivity index (χ1) is 12.3. The molecule has 1 aliphatic heterocycles. The molecule has 0 bridgehead atoms. The maximum Gasteiger partial charge on any atom is 0.371 e. The quantitative estimate of drug-likeness (QED) is 0.875. The van der Waals surface area contributed by atoms with Crippen LogP contribution in [0.2, 0.25) is 0 Å². The average Bonchev–Trinajstić information content (AvgIpc) is 3.04. The van der Waals surface area contributed by atoms with Crippen LogP contribution in [0.3, 0.4) is 0 Å². The second-order valence-corrected chi connectivity index (χ2v) is 6.91. The molecule has 0 radical (unpaired) electrons. The van der Waals surface area contributed by atoms with Crippen LogP contribution in [0.5, 0.6) is 0 Å². The highest BCUT2D eigenvalue weighted by Gasteiger charge is 2.28. The molecule has 0 aliphatic carbocycles. The third kappa shape index (κ3) is 3.71. The number of hydrogen-bond acceptors (Lipinski definition) is 4. The van der Waals surface area contributed by atoms with E-state index in [1.54, 1.807) is 18.2 Å². The normalized spacial score (nSPS) is 15.4. The standard InChI is InChI=1S/C19H22N2O5/c1-11(2)18(23)21-7-5-12(6-8-21)17(22)20-14-3-4-15-13(9-14)10-16(26-15)19(24)25/h3-4,9-12H,5-8H2,1-2H3,(H,20,22)(H,24,25). The molecule has 0 unspecified atom stereocenters. The Hall–Kier alpha value is -2.83. The van der Waals surface area contributed by atoms with E-state index in [4.69, 9.17) is 9.52 Å². The molecule has 0 spiro atoms. The van der Waals surface area contributed by atoms with Gasteiger partial charge < -0.3 is 19.7 Å². The molecule has 0 saturated carbocycles. The molecule has 0 atom stereocenters. The van der Waals surface area contributed by atoms with E-state index in [-0.39, 0.29) is 29.4 Å². The number of carboxylic acid groups (broad SMARTS) is 1. The van der Waals surface area contributed by atoms with E-state index in [2.05, 4.69) is 5.32 Å². The number of amides is 2. The lowest BCUT2D eigenvalue weighted by molar-refractivity contribution is -0.137. The summed E-state index contributed by atoms with van der Waals surface area (Å²) in [6, 6.07) is 6.46. The Morgan fingerprint density at radius 1 is 1.19 bits per heavy atom. The lowest BCUT2D eigenvalue weighted by atomic mass is 9.95. The van der Waals surface area contributed by atoms with Crippen molar-refractivity contribution in [3.05, 3.63) is 30.0 Å². The average molecular weight is 358 g/mol. The van der Waals surface area contributed by atoms with Crippen molar-refractivity contribution in [2.75, 3.05) is 18.4 Å². The number of nitrogens with zero attached hydrogens (tertiary/aromatic N) is 1. The van der Waals surface area contributed by atoms with Gasteiger partial charge in [0.25, 0.3) is 0 Å². The van der Waals surface area contributed by atoms with Crippen molar-refractivity contribution < 1.29 is 23.9 Å². The lowest BCUT2D eigenvalue weighted by Crippen LogP contribution is -2.43. The van der Waals surface area contributed by atoms with Gasteiger partial charge in [-0.3, -0.25) is 9.59 Å². The van der Waals surface area contributed by atoms with Crippen LogP contribution in [-0.4, -0.2) is 40.9 Å². The van der Waals surface area contributed by atoms with Gasteiger partial charge in [0.1, 0.15) is 5.58 Å². The number of nitrogens with one attached hydrogen (secondary N) is 1. The lowest BCUT2D eigenvalue weighted by Gasteiger charge is -2.32. The highest BCUT2D eigenvalue weighted by molar-refractivity contribution is 5.96. The number of carboxylic acids is 1. The number of benzene rings is 1. The van der Waals surface area contributed by atoms with Gasteiger partial charge in [0.2, 0.25) is 17.6 Å². The van der Waals surface area contributed by atoms with E-state index in [1.165, 1.54) is 6.07 Å². The predicted molar refractivity (Wildman–Crippen MR) is 95.9 cm³/mol. The molecule has 1 aliphatic rings. The Balaban J connectivity index is 1.62. The molecule has 26 heavy (non-hydrogen) atoms. The highest BCUT2D eigenvalue weighted by atomic mass is 16.4.